The fourth-order valence-corrected chi connectivity index (χ4v) is 16.1. The molecule has 6 heterocycles. The van der Waals surface area contributed by atoms with Crippen LogP contribution in [0.4, 0.5) is 0 Å². The van der Waals surface area contributed by atoms with E-state index in [0.29, 0.717) is 64.8 Å². The average Bonchev–Trinajstić information content (AvgIpc) is 1.58. The summed E-state index contributed by atoms with van der Waals surface area (Å²) in [6.07, 6.45) is 0. The highest BCUT2D eigenvalue weighted by Crippen LogP contribution is 2.47. The monoisotopic (exact) mass is 1400 g/mol. The first-order valence-electron chi connectivity index (χ1n) is 38.0. The van der Waals surface area contributed by atoms with Gasteiger partial charge in [0.2, 0.25) is 5.28 Å². The SMILES string of the molecule is O[B]Oc1cccc2c1oc1c(-c3ccccc3)cccc12.[2H]c1c([2H])c([2H])c(-c2cccc3c2sc2c(-c4nc(-c5ccccc5)nc(-c5cccc6c5oc5c(-c7ccccc7)cccc56)n4)cccc23)c([2H])c1[2H].[2H]c1c([2H])c([2H])c(-c2cccc3c2sc2c(-c4nc(Cl)nc(-c5ccccc5)n4)cccc23)c([2H])c1[2H]. The van der Waals surface area contributed by atoms with Crippen LogP contribution in [0.15, 0.2) is 336 Å². The lowest BCUT2D eigenvalue weighted by atomic mass is 10.0. The third-order valence-electron chi connectivity index (χ3n) is 18.0. The number of aromatic nitrogens is 6. The maximum absolute atomic E-state index is 8.90. The summed E-state index contributed by atoms with van der Waals surface area (Å²) in [6.45, 7) is 0. The van der Waals surface area contributed by atoms with Crippen molar-refractivity contribution in [2.45, 2.75) is 0 Å². The summed E-state index contributed by atoms with van der Waals surface area (Å²) in [5.41, 5.74) is 12.6. The standard InChI is InChI=1S/C45H27N3OS.C27H16ClN3S.C18H12BO3/c1-4-14-28(15-5-1)31-20-10-22-33-34-23-12-26-37(40(34)49-39(31)33)44-46-43(30-18-8-3-9-19-30)47-45(48-44)38-27-13-25-36-35-24-11-21-32(41(35)50-42(36)38)29-16-6-2-7-17-29;28-27-30-25(18-11-5-2-6-12-18)29-26(31-27)22-16-8-15-21-20-14-7-13-19(23(20)32-24(21)22)17-9-3-1-4-10-17;20-19-22-16-11-5-10-15-14-9-4-8-13(17(14)21-18(15)16)12-6-2-1-3-7-12/h1-27H;1-16H;1-11,20H/i2D,6D,7D,16D,17D;1D,3D,4D,9D,10D;. The molecule has 0 aliphatic rings. The molecule has 14 aromatic carbocycles. The molecule has 14 heteroatoms. The Bertz CT molecular complexity index is 7190. The number of halogens is 1. The fourth-order valence-electron chi connectivity index (χ4n) is 13.3. The van der Waals surface area contributed by atoms with Crippen LogP contribution in [0.2, 0.25) is 5.28 Å². The molecule has 0 saturated carbocycles. The van der Waals surface area contributed by atoms with Crippen molar-refractivity contribution in [2.75, 3.05) is 0 Å². The van der Waals surface area contributed by atoms with Crippen LogP contribution < -0.4 is 4.65 Å². The number of thiophene rings is 2. The van der Waals surface area contributed by atoms with Crippen molar-refractivity contribution < 1.29 is 32.2 Å². The van der Waals surface area contributed by atoms with Crippen LogP contribution in [0.3, 0.4) is 0 Å². The van der Waals surface area contributed by atoms with Gasteiger partial charge in [-0.1, -0.05) is 303 Å². The van der Waals surface area contributed by atoms with Crippen LogP contribution in [-0.4, -0.2) is 42.6 Å². The molecule has 20 rings (SSSR count). The van der Waals surface area contributed by atoms with E-state index in [1.807, 2.05) is 206 Å². The van der Waals surface area contributed by atoms with Crippen molar-refractivity contribution in [3.8, 4) is 107 Å². The lowest BCUT2D eigenvalue weighted by Crippen LogP contribution is -2.00. The Balaban J connectivity index is 0.000000131. The molecule has 0 fully saturated rings. The highest BCUT2D eigenvalue weighted by Gasteiger charge is 2.23. The summed E-state index contributed by atoms with van der Waals surface area (Å²) in [5, 5.41) is 16.6. The maximum atomic E-state index is 8.90. The van der Waals surface area contributed by atoms with Gasteiger partial charge < -0.3 is 18.5 Å². The third kappa shape index (κ3) is 11.8. The largest absolute Gasteiger partial charge is 0.569 e. The molecule has 20 aromatic rings. The number of hydrogen-bond acceptors (Lipinski definition) is 12. The van der Waals surface area contributed by atoms with E-state index in [-0.39, 0.29) is 64.7 Å². The molecule has 0 bridgehead atoms. The molecular formula is C90H55BClN6O4S2. The van der Waals surface area contributed by atoms with Crippen LogP contribution >= 0.6 is 34.3 Å². The first kappa shape index (κ1) is 53.2. The van der Waals surface area contributed by atoms with Crippen LogP contribution in [0.5, 0.6) is 5.75 Å². The lowest BCUT2D eigenvalue weighted by Gasteiger charge is -2.09. The summed E-state index contributed by atoms with van der Waals surface area (Å²) in [5.74, 6) is 2.84. The molecule has 0 atom stereocenters. The predicted octanol–water partition coefficient (Wildman–Crippen LogP) is 24.5. The number of nitrogens with zero attached hydrogens (tertiary/aromatic N) is 6. The lowest BCUT2D eigenvalue weighted by molar-refractivity contribution is 0.451. The summed E-state index contributed by atoms with van der Waals surface area (Å²) < 4.78 is 105. The maximum Gasteiger partial charge on any atom is 0.569 e. The van der Waals surface area contributed by atoms with Crippen molar-refractivity contribution in [1.82, 2.24) is 29.9 Å². The molecule has 0 unspecified atom stereocenters. The van der Waals surface area contributed by atoms with E-state index in [9.17, 15) is 0 Å². The molecule has 104 heavy (non-hydrogen) atoms. The van der Waals surface area contributed by atoms with Gasteiger partial charge in [0.15, 0.2) is 34.7 Å². The van der Waals surface area contributed by atoms with E-state index in [1.54, 1.807) is 12.1 Å². The molecule has 6 aromatic heterocycles. The Morgan fingerprint density at radius 3 is 1.04 bits per heavy atom. The zero-order valence-corrected chi connectivity index (χ0v) is 56.9. The smallest absolute Gasteiger partial charge is 0.535 e. The molecule has 1 N–H and O–H groups in total. The first-order valence-corrected chi connectivity index (χ1v) is 35.1. The van der Waals surface area contributed by atoms with Gasteiger partial charge in [0.05, 0.1) is 19.3 Å². The van der Waals surface area contributed by atoms with Crippen molar-refractivity contribution in [2.24, 2.45) is 0 Å². The van der Waals surface area contributed by atoms with E-state index in [1.165, 1.54) is 22.7 Å². The molecule has 1 radical (unpaired) electrons. The zero-order valence-electron chi connectivity index (χ0n) is 64.5. The number of hydrogen-bond donors (Lipinski definition) is 1. The van der Waals surface area contributed by atoms with Gasteiger partial charge in [-0.25, -0.2) is 19.9 Å². The minimum atomic E-state index is -0.417. The molecule has 0 saturated heterocycles. The molecular weight excluding hydrogens is 1340 g/mol. The summed E-state index contributed by atoms with van der Waals surface area (Å²) >= 11 is 9.27. The Hall–Kier alpha value is -12.7. The van der Waals surface area contributed by atoms with Crippen LogP contribution in [0.25, 0.3) is 186 Å². The van der Waals surface area contributed by atoms with E-state index >= 15 is 0 Å². The van der Waals surface area contributed by atoms with Crippen LogP contribution in [0.1, 0.15) is 13.7 Å². The van der Waals surface area contributed by atoms with Crippen molar-refractivity contribution >= 4 is 126 Å². The quantitative estimate of drug-likeness (QED) is 0.125. The first-order chi connectivity index (χ1) is 55.6. The highest BCUT2D eigenvalue weighted by molar-refractivity contribution is 7.27. The predicted molar refractivity (Wildman–Crippen MR) is 429 cm³/mol. The summed E-state index contributed by atoms with van der Waals surface area (Å²) in [6, 6.07) is 83.5. The van der Waals surface area contributed by atoms with E-state index < -0.39 is 12.1 Å². The molecule has 0 aliphatic carbocycles. The Kier molecular flexibility index (Phi) is 14.1. The Morgan fingerprint density at radius 2 is 0.596 bits per heavy atom. The second kappa shape index (κ2) is 27.7. The van der Waals surface area contributed by atoms with Gasteiger partial charge in [0.1, 0.15) is 22.5 Å². The van der Waals surface area contributed by atoms with Gasteiger partial charge in [0.25, 0.3) is 0 Å². The second-order valence-corrected chi connectivity index (χ2v) is 26.4. The van der Waals surface area contributed by atoms with E-state index in [2.05, 4.69) is 58.5 Å². The van der Waals surface area contributed by atoms with Gasteiger partial charge in [0, 0.05) is 95.3 Å². The fraction of sp³-hybridized carbons (Fsp3) is 0. The average molecular weight is 1400 g/mol. The minimum Gasteiger partial charge on any atom is -0.535 e. The van der Waals surface area contributed by atoms with Crippen molar-refractivity contribution in [3.63, 3.8) is 0 Å². The highest BCUT2D eigenvalue weighted by atomic mass is 35.5. The summed E-state index contributed by atoms with van der Waals surface area (Å²) in [4.78, 5) is 28.7. The van der Waals surface area contributed by atoms with Gasteiger partial charge in [-0.3, -0.25) is 0 Å². The van der Waals surface area contributed by atoms with Gasteiger partial charge in [-0.2, -0.15) is 9.97 Å². The second-order valence-electron chi connectivity index (χ2n) is 24.1. The normalized spacial score (nSPS) is 12.7. The third-order valence-corrected chi connectivity index (χ3v) is 20.7. The molecule has 491 valence electrons. The zero-order chi connectivity index (χ0) is 78.2. The topological polar surface area (TPSA) is 133 Å². The molecule has 0 amide bonds. The number of benzene rings is 14. The Labute approximate surface area is 624 Å². The number of rotatable bonds is 11. The number of para-hydroxylation sites is 4. The van der Waals surface area contributed by atoms with Gasteiger partial charge >= 0.3 is 7.69 Å². The van der Waals surface area contributed by atoms with Crippen LogP contribution in [0, 0.1) is 0 Å². The molecule has 0 aliphatic heterocycles. The Morgan fingerprint density at radius 1 is 0.288 bits per heavy atom. The number of furan rings is 2. The minimum absolute atomic E-state index is 0.0850. The molecule has 10 nitrogen and oxygen atoms in total. The van der Waals surface area contributed by atoms with Gasteiger partial charge in [-0.15, -0.1) is 22.7 Å². The van der Waals surface area contributed by atoms with E-state index in [4.69, 9.17) is 63.8 Å². The van der Waals surface area contributed by atoms with Gasteiger partial charge in [-0.05, 0) is 69.2 Å². The van der Waals surface area contributed by atoms with Crippen LogP contribution in [-0.2, 0) is 0 Å². The van der Waals surface area contributed by atoms with Crippen molar-refractivity contribution in [1.29, 1.82) is 0 Å². The van der Waals surface area contributed by atoms with E-state index in [0.717, 1.165) is 123 Å². The summed E-state index contributed by atoms with van der Waals surface area (Å²) in [7, 11) is 0.667. The molecule has 0 spiro atoms. The van der Waals surface area contributed by atoms with Crippen molar-refractivity contribution in [3.05, 3.63) is 333 Å². The number of fused-ring (bicyclic) bond motifs is 12.